The molecule has 11 heteroatoms. The van der Waals surface area contributed by atoms with Crippen molar-refractivity contribution in [3.8, 4) is 0 Å². The van der Waals surface area contributed by atoms with E-state index < -0.39 is 42.4 Å². The van der Waals surface area contributed by atoms with Crippen molar-refractivity contribution in [2.75, 3.05) is 6.61 Å². The van der Waals surface area contributed by atoms with E-state index in [2.05, 4.69) is 9.97 Å². The molecular weight excluding hydrogens is 394 g/mol. The Hall–Kier alpha value is -2.72. The number of ether oxygens (including phenoxy) is 4. The molecule has 0 unspecified atom stereocenters. The van der Waals surface area contributed by atoms with Gasteiger partial charge in [0.1, 0.15) is 29.8 Å². The van der Waals surface area contributed by atoms with Gasteiger partial charge in [0.2, 0.25) is 0 Å². The lowest BCUT2D eigenvalue weighted by molar-refractivity contribution is -0.166. The third kappa shape index (κ3) is 4.07. The first-order valence-electron chi connectivity index (χ1n) is 8.38. The molecular formula is C17H18ClN3O7. The van der Waals surface area contributed by atoms with Crippen molar-refractivity contribution in [1.82, 2.24) is 14.5 Å². The molecule has 0 aromatic carbocycles. The van der Waals surface area contributed by atoms with Gasteiger partial charge in [-0.1, -0.05) is 11.6 Å². The minimum atomic E-state index is -0.994. The van der Waals surface area contributed by atoms with E-state index in [-0.39, 0.29) is 11.8 Å². The van der Waals surface area contributed by atoms with E-state index in [4.69, 9.17) is 30.5 Å². The first-order valence-corrected chi connectivity index (χ1v) is 8.76. The van der Waals surface area contributed by atoms with Crippen LogP contribution in [0.15, 0.2) is 18.6 Å². The Morgan fingerprint density at radius 2 is 1.79 bits per heavy atom. The van der Waals surface area contributed by atoms with Crippen LogP contribution in [0, 0.1) is 0 Å². The Morgan fingerprint density at radius 3 is 2.43 bits per heavy atom. The molecule has 1 fully saturated rings. The van der Waals surface area contributed by atoms with Crippen molar-refractivity contribution in [2.45, 2.75) is 45.3 Å². The highest BCUT2D eigenvalue weighted by atomic mass is 35.5. The van der Waals surface area contributed by atoms with Crippen LogP contribution in [0.1, 0.15) is 27.0 Å². The zero-order chi connectivity index (χ0) is 20.4. The second-order valence-electron chi connectivity index (χ2n) is 6.14. The summed E-state index contributed by atoms with van der Waals surface area (Å²) in [5, 5.41) is 0.820. The van der Waals surface area contributed by atoms with Crippen LogP contribution in [0.4, 0.5) is 0 Å². The average Bonchev–Trinajstić information content (AvgIpc) is 3.16. The van der Waals surface area contributed by atoms with Crippen molar-refractivity contribution < 1.29 is 33.3 Å². The summed E-state index contributed by atoms with van der Waals surface area (Å²) in [6.07, 6.45) is -0.788. The molecule has 0 spiro atoms. The molecule has 4 atom stereocenters. The van der Waals surface area contributed by atoms with Crippen LogP contribution in [0.3, 0.4) is 0 Å². The number of rotatable bonds is 5. The van der Waals surface area contributed by atoms with Gasteiger partial charge in [-0.05, 0) is 6.07 Å². The molecule has 2 aromatic heterocycles. The van der Waals surface area contributed by atoms with E-state index >= 15 is 0 Å². The molecule has 1 saturated heterocycles. The lowest BCUT2D eigenvalue weighted by Crippen LogP contribution is -2.40. The van der Waals surface area contributed by atoms with Crippen LogP contribution >= 0.6 is 11.6 Å². The third-order valence-electron chi connectivity index (χ3n) is 4.08. The number of carbonyl (C=O) groups excluding carboxylic acids is 3. The van der Waals surface area contributed by atoms with Crippen molar-refractivity contribution in [3.05, 3.63) is 23.7 Å². The van der Waals surface area contributed by atoms with Gasteiger partial charge in [-0.2, -0.15) is 0 Å². The molecule has 1 aliphatic heterocycles. The lowest BCUT2D eigenvalue weighted by atomic mass is 10.1. The Bertz CT molecular complexity index is 915. The van der Waals surface area contributed by atoms with Crippen LogP contribution in [0.25, 0.3) is 11.0 Å². The van der Waals surface area contributed by atoms with Crippen LogP contribution < -0.4 is 0 Å². The number of hydrogen-bond donors (Lipinski definition) is 0. The minimum Gasteiger partial charge on any atom is -0.463 e. The summed E-state index contributed by atoms with van der Waals surface area (Å²) in [7, 11) is 0. The number of hydrogen-bond acceptors (Lipinski definition) is 9. The predicted molar refractivity (Wildman–Crippen MR) is 94.2 cm³/mol. The summed E-state index contributed by atoms with van der Waals surface area (Å²) in [6.45, 7) is 3.51. The number of aromatic nitrogens is 3. The standard InChI is InChI=1S/C17H18ClN3O7/c1-8(22)25-6-12-13(26-9(2)23)14(27-10(3)24)17(28-12)21-5-4-11-15(18)19-7-20-16(11)21/h4-5,7,12-14,17H,6H2,1-3H3/t12-,13+,14+,17-/m1/s1. The fourth-order valence-electron chi connectivity index (χ4n) is 3.06. The van der Waals surface area contributed by atoms with Crippen molar-refractivity contribution in [2.24, 2.45) is 0 Å². The maximum atomic E-state index is 11.7. The third-order valence-corrected chi connectivity index (χ3v) is 4.38. The molecule has 0 aliphatic carbocycles. The monoisotopic (exact) mass is 411 g/mol. The summed E-state index contributed by atoms with van der Waals surface area (Å²) >= 11 is 6.09. The number of carbonyl (C=O) groups is 3. The summed E-state index contributed by atoms with van der Waals surface area (Å²) in [5.74, 6) is -1.71. The smallest absolute Gasteiger partial charge is 0.303 e. The van der Waals surface area contributed by atoms with E-state index in [9.17, 15) is 14.4 Å². The average molecular weight is 412 g/mol. The number of esters is 3. The van der Waals surface area contributed by atoms with Gasteiger partial charge in [0, 0.05) is 27.0 Å². The Labute approximate surface area is 164 Å². The van der Waals surface area contributed by atoms with E-state index in [0.29, 0.717) is 11.0 Å². The summed E-state index contributed by atoms with van der Waals surface area (Å²) in [5.41, 5.74) is 0.442. The molecule has 0 N–H and O–H groups in total. The van der Waals surface area contributed by atoms with Gasteiger partial charge in [-0.25, -0.2) is 9.97 Å². The number of halogens is 1. The Balaban J connectivity index is 2.01. The number of nitrogens with zero attached hydrogens (tertiary/aromatic N) is 3. The highest BCUT2D eigenvalue weighted by molar-refractivity contribution is 6.33. The molecule has 0 radical (unpaired) electrons. The zero-order valence-electron chi connectivity index (χ0n) is 15.3. The zero-order valence-corrected chi connectivity index (χ0v) is 16.1. The van der Waals surface area contributed by atoms with Crippen molar-refractivity contribution in [1.29, 1.82) is 0 Å². The maximum absolute atomic E-state index is 11.7. The first-order chi connectivity index (χ1) is 13.3. The fraction of sp³-hybridized carbons (Fsp3) is 0.471. The summed E-state index contributed by atoms with van der Waals surface area (Å²) < 4.78 is 23.3. The van der Waals surface area contributed by atoms with Gasteiger partial charge in [0.05, 0.1) is 5.39 Å². The highest BCUT2D eigenvalue weighted by Crippen LogP contribution is 2.36. The van der Waals surface area contributed by atoms with Crippen molar-refractivity contribution >= 4 is 40.5 Å². The SMILES string of the molecule is CC(=O)OC[C@H]1O[C@@H](n2ccc3c(Cl)ncnc32)[C@@H](OC(C)=O)[C@H]1OC(C)=O. The number of fused-ring (bicyclic) bond motifs is 1. The minimum absolute atomic E-state index is 0.184. The largest absolute Gasteiger partial charge is 0.463 e. The molecule has 3 rings (SSSR count). The van der Waals surface area contributed by atoms with Crippen LogP contribution in [-0.4, -0.2) is 57.4 Å². The molecule has 10 nitrogen and oxygen atoms in total. The van der Waals surface area contributed by atoms with Gasteiger partial charge in [-0.3, -0.25) is 14.4 Å². The second-order valence-corrected chi connectivity index (χ2v) is 6.50. The predicted octanol–water partition coefficient (Wildman–Crippen LogP) is 1.41. The van der Waals surface area contributed by atoms with Crippen LogP contribution in [0.2, 0.25) is 5.15 Å². The fourth-order valence-corrected chi connectivity index (χ4v) is 3.25. The quantitative estimate of drug-likeness (QED) is 0.408. The summed E-state index contributed by atoms with van der Waals surface area (Å²) in [6, 6.07) is 1.69. The highest BCUT2D eigenvalue weighted by Gasteiger charge is 2.50. The summed E-state index contributed by atoms with van der Waals surface area (Å²) in [4.78, 5) is 42.6. The second kappa shape index (κ2) is 8.11. The van der Waals surface area contributed by atoms with Gasteiger partial charge in [0.15, 0.2) is 18.4 Å². The lowest BCUT2D eigenvalue weighted by Gasteiger charge is -2.24. The molecule has 28 heavy (non-hydrogen) atoms. The van der Waals surface area contributed by atoms with E-state index in [1.807, 2.05) is 0 Å². The van der Waals surface area contributed by atoms with Crippen LogP contribution in [0.5, 0.6) is 0 Å². The normalized spacial score (nSPS) is 24.1. The van der Waals surface area contributed by atoms with Gasteiger partial charge < -0.3 is 23.5 Å². The molecule has 3 heterocycles. The van der Waals surface area contributed by atoms with Gasteiger partial charge in [0.25, 0.3) is 0 Å². The van der Waals surface area contributed by atoms with E-state index in [1.165, 1.54) is 27.1 Å². The van der Waals surface area contributed by atoms with E-state index in [1.54, 1.807) is 16.8 Å². The van der Waals surface area contributed by atoms with Crippen LogP contribution in [-0.2, 0) is 33.3 Å². The topological polar surface area (TPSA) is 119 Å². The molecule has 150 valence electrons. The van der Waals surface area contributed by atoms with E-state index in [0.717, 1.165) is 0 Å². The molecule has 0 saturated carbocycles. The van der Waals surface area contributed by atoms with Gasteiger partial charge in [-0.15, -0.1) is 0 Å². The Morgan fingerprint density at radius 1 is 1.11 bits per heavy atom. The maximum Gasteiger partial charge on any atom is 0.303 e. The molecule has 0 amide bonds. The molecule has 2 aromatic rings. The molecule has 0 bridgehead atoms. The molecule has 1 aliphatic rings. The Kier molecular flexibility index (Phi) is 5.80. The van der Waals surface area contributed by atoms with Gasteiger partial charge >= 0.3 is 17.9 Å². The van der Waals surface area contributed by atoms with Crippen molar-refractivity contribution in [3.63, 3.8) is 0 Å². The first kappa shape index (κ1) is 20.0.